The van der Waals surface area contributed by atoms with Crippen molar-refractivity contribution in [3.63, 3.8) is 0 Å². The first-order valence-electron chi connectivity index (χ1n) is 9.71. The van der Waals surface area contributed by atoms with Crippen molar-refractivity contribution in [1.82, 2.24) is 9.97 Å². The van der Waals surface area contributed by atoms with Crippen LogP contribution in [0.5, 0.6) is 0 Å². The van der Waals surface area contributed by atoms with E-state index >= 15 is 0 Å². The summed E-state index contributed by atoms with van der Waals surface area (Å²) in [6.07, 6.45) is 5.90. The first-order valence-corrected chi connectivity index (χ1v) is 10.5. The summed E-state index contributed by atoms with van der Waals surface area (Å²) in [5.74, 6) is 0.743. The maximum absolute atomic E-state index is 12.6. The zero-order chi connectivity index (χ0) is 20.9. The van der Waals surface area contributed by atoms with Crippen LogP contribution in [0.15, 0.2) is 71.6 Å². The molecule has 0 radical (unpaired) electrons. The van der Waals surface area contributed by atoms with E-state index in [1.54, 1.807) is 35.9 Å². The second-order valence-corrected chi connectivity index (χ2v) is 7.97. The number of anilines is 2. The molecule has 4 heterocycles. The van der Waals surface area contributed by atoms with E-state index in [0.29, 0.717) is 0 Å². The number of aromatic nitrogens is 2. The molecule has 0 aliphatic rings. The van der Waals surface area contributed by atoms with E-state index in [4.69, 9.17) is 4.42 Å². The average Bonchev–Trinajstić information content (AvgIpc) is 3.43. The highest BCUT2D eigenvalue weighted by Crippen LogP contribution is 2.37. The Kier molecular flexibility index (Phi) is 5.90. The molecule has 4 rings (SSSR count). The van der Waals surface area contributed by atoms with Crippen LogP contribution in [-0.4, -0.2) is 15.9 Å². The first-order chi connectivity index (χ1) is 14.6. The molecule has 0 saturated carbocycles. The minimum Gasteiger partial charge on any atom is -0.459 e. The zero-order valence-corrected chi connectivity index (χ0v) is 17.6. The quantitative estimate of drug-likeness (QED) is 0.417. The van der Waals surface area contributed by atoms with Crippen molar-refractivity contribution < 1.29 is 9.21 Å². The Morgan fingerprint density at radius 2 is 2.03 bits per heavy atom. The van der Waals surface area contributed by atoms with E-state index in [9.17, 15) is 4.79 Å². The lowest BCUT2D eigenvalue weighted by atomic mass is 10.0. The van der Waals surface area contributed by atoms with Gasteiger partial charge in [0.25, 0.3) is 5.91 Å². The van der Waals surface area contributed by atoms with Crippen LogP contribution in [0, 0.1) is 6.92 Å². The molecule has 4 aromatic rings. The lowest BCUT2D eigenvalue weighted by molar-refractivity contribution is 0.0997. The Morgan fingerprint density at radius 1 is 1.13 bits per heavy atom. The second kappa shape index (κ2) is 8.92. The van der Waals surface area contributed by atoms with E-state index < -0.39 is 0 Å². The predicted molar refractivity (Wildman–Crippen MR) is 119 cm³/mol. The molecule has 0 fully saturated rings. The van der Waals surface area contributed by atoms with Gasteiger partial charge in [0.1, 0.15) is 10.8 Å². The Balaban J connectivity index is 1.74. The number of nitrogens with one attached hydrogen (secondary N) is 2. The minimum absolute atomic E-state index is 0.273. The van der Waals surface area contributed by atoms with E-state index in [2.05, 4.69) is 33.6 Å². The van der Waals surface area contributed by atoms with Crippen molar-refractivity contribution in [2.24, 2.45) is 0 Å². The number of hydrogen-bond acceptors (Lipinski definition) is 6. The normalized spacial score (nSPS) is 11.8. The van der Waals surface area contributed by atoms with Crippen LogP contribution in [0.4, 0.5) is 10.8 Å². The summed E-state index contributed by atoms with van der Waals surface area (Å²) in [7, 11) is 0. The lowest BCUT2D eigenvalue weighted by Gasteiger charge is -2.20. The van der Waals surface area contributed by atoms with Crippen molar-refractivity contribution in [2.75, 3.05) is 10.6 Å². The monoisotopic (exact) mass is 418 g/mol. The van der Waals surface area contributed by atoms with E-state index in [0.717, 1.165) is 34.1 Å². The van der Waals surface area contributed by atoms with E-state index in [1.165, 1.54) is 11.1 Å². The summed E-state index contributed by atoms with van der Waals surface area (Å²) >= 11 is 1.56. The van der Waals surface area contributed by atoms with Crippen LogP contribution >= 0.6 is 11.3 Å². The van der Waals surface area contributed by atoms with Gasteiger partial charge in [-0.2, -0.15) is 0 Å². The number of amides is 1. The molecular formula is C23H22N4O2S. The summed E-state index contributed by atoms with van der Waals surface area (Å²) in [5.41, 5.74) is 2.90. The Morgan fingerprint density at radius 3 is 2.73 bits per heavy atom. The number of hydrogen-bond donors (Lipinski definition) is 2. The third-order valence-electron chi connectivity index (χ3n) is 4.63. The van der Waals surface area contributed by atoms with Gasteiger partial charge in [-0.25, -0.2) is 4.98 Å². The average molecular weight is 419 g/mol. The number of carbonyl (C=O) groups excluding carboxylic acids is 1. The number of thiophene rings is 1. The van der Waals surface area contributed by atoms with Gasteiger partial charge >= 0.3 is 0 Å². The van der Waals surface area contributed by atoms with Crippen LogP contribution in [0.3, 0.4) is 0 Å². The van der Waals surface area contributed by atoms with Crippen LogP contribution in [0.2, 0.25) is 0 Å². The van der Waals surface area contributed by atoms with E-state index in [-0.39, 0.29) is 17.7 Å². The van der Waals surface area contributed by atoms with Gasteiger partial charge in [-0.3, -0.25) is 9.78 Å². The van der Waals surface area contributed by atoms with Crippen LogP contribution in [0.1, 0.15) is 45.2 Å². The molecule has 0 unspecified atom stereocenters. The summed E-state index contributed by atoms with van der Waals surface area (Å²) in [6.45, 7) is 4.12. The molecule has 0 bridgehead atoms. The lowest BCUT2D eigenvalue weighted by Crippen LogP contribution is -2.17. The summed E-state index contributed by atoms with van der Waals surface area (Å²) in [4.78, 5) is 22.8. The number of rotatable bonds is 7. The number of pyridine rings is 2. The van der Waals surface area contributed by atoms with Crippen molar-refractivity contribution in [1.29, 1.82) is 0 Å². The van der Waals surface area contributed by atoms with Crippen molar-refractivity contribution in [3.05, 3.63) is 94.6 Å². The maximum atomic E-state index is 12.6. The van der Waals surface area contributed by atoms with Gasteiger partial charge in [-0.15, -0.1) is 11.3 Å². The molecule has 0 saturated heterocycles. The molecule has 0 spiro atoms. The number of aryl methyl sites for hydroxylation is 2. The largest absolute Gasteiger partial charge is 0.459 e. The second-order valence-electron chi connectivity index (χ2n) is 6.83. The molecular weight excluding hydrogens is 396 g/mol. The fourth-order valence-corrected chi connectivity index (χ4v) is 4.17. The summed E-state index contributed by atoms with van der Waals surface area (Å²) < 4.78 is 5.25. The summed E-state index contributed by atoms with van der Waals surface area (Å²) in [5, 5.41) is 7.28. The molecule has 4 aromatic heterocycles. The zero-order valence-electron chi connectivity index (χ0n) is 16.8. The maximum Gasteiger partial charge on any atom is 0.291 e. The van der Waals surface area contributed by atoms with Gasteiger partial charge in [-0.1, -0.05) is 13.0 Å². The Bertz CT molecular complexity index is 1120. The Hall–Kier alpha value is -3.45. The molecule has 1 atom stereocenters. The van der Waals surface area contributed by atoms with Gasteiger partial charge in [-0.05, 0) is 61.4 Å². The highest BCUT2D eigenvalue weighted by atomic mass is 32.1. The minimum atomic E-state index is -0.279. The van der Waals surface area contributed by atoms with Crippen LogP contribution in [0.25, 0.3) is 0 Å². The third kappa shape index (κ3) is 4.41. The van der Waals surface area contributed by atoms with Gasteiger partial charge in [0, 0.05) is 22.8 Å². The first kappa shape index (κ1) is 19.8. The van der Waals surface area contributed by atoms with Gasteiger partial charge in [0.05, 0.1) is 18.0 Å². The standard InChI is InChI=1S/C23H22N4O2S/c1-3-16-14-17(23(30-16)27-22(28)19-8-6-12-29-19)21(18-7-4-5-10-24-18)26-20-13-15(2)9-11-25-20/h4-14,21H,3H2,1-2H3,(H,25,26)(H,27,28)/t21-/m1/s1. The Labute approximate surface area is 179 Å². The molecule has 0 aliphatic heterocycles. The van der Waals surface area contributed by atoms with Gasteiger partial charge < -0.3 is 15.1 Å². The fraction of sp³-hybridized carbons (Fsp3) is 0.174. The van der Waals surface area contributed by atoms with Crippen molar-refractivity contribution in [2.45, 2.75) is 26.3 Å². The third-order valence-corrected chi connectivity index (χ3v) is 5.85. The van der Waals surface area contributed by atoms with Crippen molar-refractivity contribution in [3.8, 4) is 0 Å². The molecule has 152 valence electrons. The highest BCUT2D eigenvalue weighted by Gasteiger charge is 2.24. The van der Waals surface area contributed by atoms with Gasteiger partial charge in [0.15, 0.2) is 5.76 Å². The predicted octanol–water partition coefficient (Wildman–Crippen LogP) is 5.46. The number of carbonyl (C=O) groups is 1. The molecule has 1 amide bonds. The van der Waals surface area contributed by atoms with Crippen LogP contribution in [-0.2, 0) is 6.42 Å². The van der Waals surface area contributed by atoms with Crippen LogP contribution < -0.4 is 10.6 Å². The van der Waals surface area contributed by atoms with E-state index in [1.807, 2.05) is 37.3 Å². The highest BCUT2D eigenvalue weighted by molar-refractivity contribution is 7.16. The SMILES string of the molecule is CCc1cc([C@@H](Nc2cc(C)ccn2)c2ccccn2)c(NC(=O)c2ccco2)s1. The molecule has 30 heavy (non-hydrogen) atoms. The van der Waals surface area contributed by atoms with Crippen molar-refractivity contribution >= 4 is 28.1 Å². The molecule has 2 N–H and O–H groups in total. The molecule has 7 heteroatoms. The smallest absolute Gasteiger partial charge is 0.291 e. The topological polar surface area (TPSA) is 80.0 Å². The number of furan rings is 1. The molecule has 6 nitrogen and oxygen atoms in total. The summed E-state index contributed by atoms with van der Waals surface area (Å²) in [6, 6.07) is 14.9. The molecule has 0 aromatic carbocycles. The number of nitrogens with zero attached hydrogens (tertiary/aromatic N) is 2. The van der Waals surface area contributed by atoms with Gasteiger partial charge in [0.2, 0.25) is 0 Å². The fourth-order valence-electron chi connectivity index (χ4n) is 3.14. The molecule has 0 aliphatic carbocycles.